The summed E-state index contributed by atoms with van der Waals surface area (Å²) in [5, 5.41) is 4.69. The standard InChI is InChI=1S/C37H44N7/c1-25-24-41-37(33-17-11-14-20-36(33)44(41)30(25)6,32-16-10-13-19-35(32)43-29(5)22-27(3)40(43)8)38-23-31-15-9-12-18-34(31)42-28(4)21-26(2)39(42)7/h10-11,13-16,18-22,24,27,33H,9,12,17H2,1-8H3/q+3. The number of fused-ring (bicyclic) bond motifs is 3. The predicted octanol–water partition coefficient (Wildman–Crippen LogP) is 6.32. The van der Waals surface area contributed by atoms with Crippen LogP contribution in [0.4, 0.5) is 5.69 Å². The third kappa shape index (κ3) is 3.97. The van der Waals surface area contributed by atoms with Gasteiger partial charge in [-0.2, -0.15) is 0 Å². The van der Waals surface area contributed by atoms with Gasteiger partial charge in [0.25, 0.3) is 0 Å². The number of anilines is 1. The Kier molecular flexibility index (Phi) is 6.67. The Morgan fingerprint density at radius 2 is 1.80 bits per heavy atom. The van der Waals surface area contributed by atoms with Crippen LogP contribution in [0.15, 0.2) is 84.3 Å². The van der Waals surface area contributed by atoms with Crippen molar-refractivity contribution in [3.63, 3.8) is 0 Å². The number of aryl methyl sites for hydroxylation is 3. The van der Waals surface area contributed by atoms with Gasteiger partial charge in [-0.3, -0.25) is 5.01 Å². The second-order valence-electron chi connectivity index (χ2n) is 12.8. The van der Waals surface area contributed by atoms with Crippen LogP contribution < -0.4 is 14.4 Å². The van der Waals surface area contributed by atoms with E-state index in [1.807, 2.05) is 0 Å². The first-order valence-corrected chi connectivity index (χ1v) is 15.9. The zero-order valence-electron chi connectivity index (χ0n) is 27.3. The lowest BCUT2D eigenvalue weighted by molar-refractivity contribution is -0.798. The molecule has 2 aliphatic heterocycles. The zero-order valence-corrected chi connectivity index (χ0v) is 27.3. The van der Waals surface area contributed by atoms with E-state index in [1.165, 1.54) is 39.6 Å². The van der Waals surface area contributed by atoms with E-state index in [4.69, 9.17) is 4.85 Å². The molecule has 0 saturated carbocycles. The molecule has 4 heterocycles. The third-order valence-corrected chi connectivity index (χ3v) is 10.1. The molecule has 2 aromatic heterocycles. The van der Waals surface area contributed by atoms with Crippen molar-refractivity contribution in [2.24, 2.45) is 13.0 Å². The highest BCUT2D eigenvalue weighted by Gasteiger charge is 2.71. The molecule has 0 radical (unpaired) electrons. The first kappa shape index (κ1) is 28.4. The molecule has 0 bridgehead atoms. The van der Waals surface area contributed by atoms with Gasteiger partial charge in [0.1, 0.15) is 22.5 Å². The second-order valence-corrected chi connectivity index (χ2v) is 12.8. The number of nitrogens with zero attached hydrogens (tertiary/aromatic N) is 7. The Balaban J connectivity index is 1.50. The molecule has 7 heteroatoms. The zero-order chi connectivity index (χ0) is 30.9. The highest BCUT2D eigenvalue weighted by molar-refractivity contribution is 5.72. The molecule has 3 aromatic rings. The third-order valence-electron chi connectivity index (χ3n) is 10.1. The maximum atomic E-state index is 5.69. The van der Waals surface area contributed by atoms with Gasteiger partial charge in [-0.25, -0.2) is 5.01 Å². The van der Waals surface area contributed by atoms with E-state index in [0.717, 1.165) is 36.2 Å². The molecule has 224 valence electrons. The van der Waals surface area contributed by atoms with Crippen LogP contribution in [0.2, 0.25) is 0 Å². The number of hydrogen-bond donors (Lipinski definition) is 0. The molecule has 0 amide bonds. The number of benzene rings is 1. The Morgan fingerprint density at radius 1 is 1.02 bits per heavy atom. The Labute approximate surface area is 261 Å². The van der Waals surface area contributed by atoms with Crippen molar-refractivity contribution in [1.29, 1.82) is 0 Å². The van der Waals surface area contributed by atoms with Gasteiger partial charge in [0, 0.05) is 42.2 Å². The summed E-state index contributed by atoms with van der Waals surface area (Å²) in [6.45, 7) is 13.2. The molecule has 3 atom stereocenters. The molecule has 0 spiro atoms. The molecule has 1 aromatic carbocycles. The van der Waals surface area contributed by atoms with Crippen LogP contribution in [0.3, 0.4) is 0 Å². The maximum absolute atomic E-state index is 5.69. The van der Waals surface area contributed by atoms with E-state index in [2.05, 4.69) is 163 Å². The van der Waals surface area contributed by atoms with Crippen LogP contribution in [0.5, 0.6) is 0 Å². The minimum Gasteiger partial charge on any atom is -0.278 e. The molecule has 3 unspecified atom stereocenters. The molecule has 0 saturated heterocycles. The average Bonchev–Trinajstić information content (AvgIpc) is 3.65. The molecule has 0 N–H and O–H groups in total. The minimum atomic E-state index is -0.744. The number of hydrogen-bond acceptors (Lipinski definition) is 2. The molecular formula is C37H44N7+3. The Morgan fingerprint density at radius 3 is 2.52 bits per heavy atom. The largest absolute Gasteiger partial charge is 0.524 e. The lowest BCUT2D eigenvalue weighted by Gasteiger charge is -2.32. The highest BCUT2D eigenvalue weighted by atomic mass is 15.6. The Hall–Kier alpha value is -4.41. The van der Waals surface area contributed by atoms with E-state index in [0.29, 0.717) is 6.04 Å². The topological polar surface area (TPSA) is 28.5 Å². The minimum absolute atomic E-state index is 0.110. The number of aromatic nitrogens is 4. The molecule has 4 aliphatic rings. The molecule has 7 rings (SSSR count). The van der Waals surface area contributed by atoms with Gasteiger partial charge in [0.15, 0.2) is 13.0 Å². The van der Waals surface area contributed by atoms with E-state index in [-0.39, 0.29) is 5.92 Å². The van der Waals surface area contributed by atoms with Gasteiger partial charge < -0.3 is 0 Å². The molecular weight excluding hydrogens is 542 g/mol. The SMILES string of the molecule is CC1=CC(C)N(C)N1c1ccccc1C1([N+]#CC2=CCCC=C2n2c(C)cc(C)[n+]2C)C2CC=CC=C2n2c(C)c(C)c[n+]21. The van der Waals surface area contributed by atoms with Crippen LogP contribution in [-0.2, 0) is 12.7 Å². The van der Waals surface area contributed by atoms with Crippen molar-refractivity contribution in [2.75, 3.05) is 12.1 Å². The van der Waals surface area contributed by atoms with Crippen LogP contribution in [0.25, 0.3) is 16.2 Å². The average molecular weight is 587 g/mol. The summed E-state index contributed by atoms with van der Waals surface area (Å²) < 4.78 is 9.31. The highest BCUT2D eigenvalue weighted by Crippen LogP contribution is 2.50. The fourth-order valence-electron chi connectivity index (χ4n) is 7.70. The quantitative estimate of drug-likeness (QED) is 0.336. The van der Waals surface area contributed by atoms with E-state index >= 15 is 0 Å². The van der Waals surface area contributed by atoms with Crippen molar-refractivity contribution in [1.82, 2.24) is 14.4 Å². The van der Waals surface area contributed by atoms with Crippen LogP contribution in [0, 0.1) is 39.7 Å². The molecule has 0 fully saturated rings. The fourth-order valence-corrected chi connectivity index (χ4v) is 7.70. The second kappa shape index (κ2) is 10.3. The van der Waals surface area contributed by atoms with Crippen LogP contribution >= 0.6 is 0 Å². The van der Waals surface area contributed by atoms with Gasteiger partial charge >= 0.3 is 11.7 Å². The normalized spacial score (nSPS) is 24.3. The number of likely N-dealkylation sites (N-methyl/N-ethyl adjacent to an activating group) is 1. The summed E-state index contributed by atoms with van der Waals surface area (Å²) in [7, 11) is 4.31. The van der Waals surface area contributed by atoms with Gasteiger partial charge in [-0.05, 0) is 82.8 Å². The lowest BCUT2D eigenvalue weighted by Crippen LogP contribution is -2.58. The lowest BCUT2D eigenvalue weighted by atomic mass is 9.80. The summed E-state index contributed by atoms with van der Waals surface area (Å²) in [5.74, 6) is 0.110. The first-order chi connectivity index (χ1) is 21.1. The Bertz CT molecular complexity index is 1910. The summed E-state index contributed by atoms with van der Waals surface area (Å²) >= 11 is 0. The van der Waals surface area contributed by atoms with E-state index in [1.54, 1.807) is 0 Å². The number of hydrazine groups is 1. The summed E-state index contributed by atoms with van der Waals surface area (Å²) in [4.78, 5) is 5.69. The monoisotopic (exact) mass is 586 g/mol. The van der Waals surface area contributed by atoms with Gasteiger partial charge in [-0.1, -0.05) is 36.4 Å². The van der Waals surface area contributed by atoms with E-state index < -0.39 is 5.66 Å². The molecule has 7 nitrogen and oxygen atoms in total. The van der Waals surface area contributed by atoms with Gasteiger partial charge in [-0.15, -0.1) is 14.0 Å². The predicted molar refractivity (Wildman–Crippen MR) is 177 cm³/mol. The van der Waals surface area contributed by atoms with Crippen molar-refractivity contribution in [3.8, 4) is 6.07 Å². The van der Waals surface area contributed by atoms with Gasteiger partial charge in [0.2, 0.25) is 11.9 Å². The first-order valence-electron chi connectivity index (χ1n) is 15.9. The molecule has 2 aliphatic carbocycles. The summed E-state index contributed by atoms with van der Waals surface area (Å²) in [6, 6.07) is 15.1. The van der Waals surface area contributed by atoms with Crippen LogP contribution in [-0.4, -0.2) is 27.5 Å². The van der Waals surface area contributed by atoms with E-state index in [9.17, 15) is 0 Å². The van der Waals surface area contributed by atoms with Gasteiger partial charge in [0.05, 0.1) is 17.1 Å². The summed E-state index contributed by atoms with van der Waals surface area (Å²) in [6.07, 6.45) is 18.9. The fraction of sp³-hybridized carbons (Fsp3) is 0.378. The van der Waals surface area contributed by atoms with Crippen molar-refractivity contribution < 1.29 is 9.36 Å². The number of rotatable bonds is 3. The smallest absolute Gasteiger partial charge is 0.278 e. The number of allylic oxidation sites excluding steroid dienone is 8. The maximum Gasteiger partial charge on any atom is 0.524 e. The van der Waals surface area contributed by atoms with Crippen molar-refractivity contribution in [3.05, 3.63) is 117 Å². The van der Waals surface area contributed by atoms with Crippen LogP contribution in [0.1, 0.15) is 61.3 Å². The van der Waals surface area contributed by atoms with Crippen molar-refractivity contribution in [2.45, 2.75) is 72.5 Å². The number of para-hydroxylation sites is 1. The summed E-state index contributed by atoms with van der Waals surface area (Å²) in [5.41, 5.74) is 11.2. The van der Waals surface area contributed by atoms with Crippen molar-refractivity contribution >= 4 is 17.1 Å². The molecule has 44 heavy (non-hydrogen) atoms.